The summed E-state index contributed by atoms with van der Waals surface area (Å²) < 4.78 is 18.8. The van der Waals surface area contributed by atoms with E-state index in [4.69, 9.17) is 21.4 Å². The topological polar surface area (TPSA) is 58.9 Å². The van der Waals surface area contributed by atoms with Crippen molar-refractivity contribution in [3.8, 4) is 16.9 Å². The van der Waals surface area contributed by atoms with Crippen LogP contribution in [0.3, 0.4) is 0 Å². The smallest absolute Gasteiger partial charge is 0.341 e. The second-order valence-electron chi connectivity index (χ2n) is 6.16. The summed E-state index contributed by atoms with van der Waals surface area (Å²) in [5, 5.41) is 9.26. The molecule has 142 valence electrons. The fourth-order valence-corrected chi connectivity index (χ4v) is 2.96. The third-order valence-electron chi connectivity index (χ3n) is 3.95. The second kappa shape index (κ2) is 8.67. The summed E-state index contributed by atoms with van der Waals surface area (Å²) in [7, 11) is 0. The number of benzene rings is 3. The van der Waals surface area contributed by atoms with E-state index in [0.717, 1.165) is 22.3 Å². The number of aliphatic carboxylic acids is 1. The van der Waals surface area contributed by atoms with E-state index < -0.39 is 18.4 Å². The number of rotatable bonds is 6. The van der Waals surface area contributed by atoms with E-state index in [2.05, 4.69) is 4.99 Å². The van der Waals surface area contributed by atoms with Gasteiger partial charge in [-0.15, -0.1) is 0 Å². The number of hydrogen-bond donors (Lipinski definition) is 1. The fraction of sp³-hybridized carbons (Fsp3) is 0.0909. The van der Waals surface area contributed by atoms with Crippen molar-refractivity contribution < 1.29 is 19.0 Å². The van der Waals surface area contributed by atoms with Crippen LogP contribution >= 0.6 is 11.6 Å². The molecule has 0 fully saturated rings. The quantitative estimate of drug-likeness (QED) is 0.545. The second-order valence-corrected chi connectivity index (χ2v) is 6.57. The standard InChI is InChI=1S/C22H17ClFNO3/c1-14-5-7-18(19(23)9-14)16-4-2-3-15(10-16)12-25-17-6-8-21(20(24)11-17)28-13-22(26)27/h2-12H,13H2,1H3,(H,26,27). The Labute approximate surface area is 166 Å². The highest BCUT2D eigenvalue weighted by Gasteiger charge is 2.07. The van der Waals surface area contributed by atoms with E-state index in [1.807, 2.05) is 49.4 Å². The lowest BCUT2D eigenvalue weighted by molar-refractivity contribution is -0.139. The van der Waals surface area contributed by atoms with Gasteiger partial charge in [-0.25, -0.2) is 9.18 Å². The van der Waals surface area contributed by atoms with E-state index in [-0.39, 0.29) is 5.75 Å². The minimum atomic E-state index is -1.17. The van der Waals surface area contributed by atoms with Gasteiger partial charge in [-0.2, -0.15) is 0 Å². The van der Waals surface area contributed by atoms with Crippen molar-refractivity contribution in [2.75, 3.05) is 6.61 Å². The molecule has 0 radical (unpaired) electrons. The average Bonchev–Trinajstić information content (AvgIpc) is 2.65. The molecular formula is C22H17ClFNO3. The molecule has 0 aliphatic heterocycles. The first-order valence-corrected chi connectivity index (χ1v) is 8.85. The van der Waals surface area contributed by atoms with Crippen molar-refractivity contribution in [3.05, 3.63) is 82.6 Å². The first-order valence-electron chi connectivity index (χ1n) is 8.47. The number of halogens is 2. The first-order chi connectivity index (χ1) is 13.4. The van der Waals surface area contributed by atoms with E-state index in [1.165, 1.54) is 12.1 Å². The number of hydrogen-bond acceptors (Lipinski definition) is 3. The Morgan fingerprint density at radius 1 is 1.18 bits per heavy atom. The molecule has 3 aromatic carbocycles. The summed E-state index contributed by atoms with van der Waals surface area (Å²) in [6.07, 6.45) is 1.62. The van der Waals surface area contributed by atoms with Gasteiger partial charge in [0.25, 0.3) is 0 Å². The van der Waals surface area contributed by atoms with Crippen LogP contribution in [-0.2, 0) is 4.79 Å². The molecule has 0 amide bonds. The summed E-state index contributed by atoms with van der Waals surface area (Å²) in [4.78, 5) is 14.8. The lowest BCUT2D eigenvalue weighted by Crippen LogP contribution is -2.10. The van der Waals surface area contributed by atoms with Crippen molar-refractivity contribution >= 4 is 29.5 Å². The fourth-order valence-electron chi connectivity index (χ4n) is 2.62. The minimum Gasteiger partial charge on any atom is -0.479 e. The van der Waals surface area contributed by atoms with Crippen molar-refractivity contribution in [2.24, 2.45) is 4.99 Å². The third kappa shape index (κ3) is 4.96. The Morgan fingerprint density at radius 3 is 2.71 bits per heavy atom. The number of aliphatic imine (C=N–C) groups is 1. The van der Waals surface area contributed by atoms with Crippen LogP contribution in [0.2, 0.25) is 5.02 Å². The number of ether oxygens (including phenoxy) is 1. The number of nitrogens with zero attached hydrogens (tertiary/aromatic N) is 1. The number of carboxylic acids is 1. The zero-order chi connectivity index (χ0) is 20.1. The van der Waals surface area contributed by atoms with Crippen LogP contribution in [0.5, 0.6) is 5.75 Å². The van der Waals surface area contributed by atoms with Crippen LogP contribution in [0.25, 0.3) is 11.1 Å². The molecule has 0 heterocycles. The molecule has 1 N–H and O–H groups in total. The van der Waals surface area contributed by atoms with Gasteiger partial charge in [0.05, 0.1) is 5.69 Å². The van der Waals surface area contributed by atoms with E-state index in [0.29, 0.717) is 10.7 Å². The van der Waals surface area contributed by atoms with Crippen molar-refractivity contribution in [2.45, 2.75) is 6.92 Å². The van der Waals surface area contributed by atoms with Crippen LogP contribution in [0, 0.1) is 12.7 Å². The van der Waals surface area contributed by atoms with E-state index in [1.54, 1.807) is 12.3 Å². The van der Waals surface area contributed by atoms with Crippen LogP contribution in [0.15, 0.2) is 65.7 Å². The van der Waals surface area contributed by atoms with Crippen molar-refractivity contribution in [1.29, 1.82) is 0 Å². The molecule has 3 rings (SSSR count). The van der Waals surface area contributed by atoms with Gasteiger partial charge in [-0.1, -0.05) is 41.9 Å². The molecule has 0 spiro atoms. The minimum absolute atomic E-state index is 0.127. The number of carboxylic acid groups (broad SMARTS) is 1. The Hall–Kier alpha value is -3.18. The monoisotopic (exact) mass is 397 g/mol. The largest absolute Gasteiger partial charge is 0.479 e. The number of aryl methyl sites for hydroxylation is 1. The van der Waals surface area contributed by atoms with Gasteiger partial charge in [0.15, 0.2) is 18.2 Å². The molecule has 0 aliphatic carbocycles. The summed E-state index contributed by atoms with van der Waals surface area (Å²) in [5.74, 6) is -1.97. The summed E-state index contributed by atoms with van der Waals surface area (Å²) >= 11 is 6.34. The highest BCUT2D eigenvalue weighted by Crippen LogP contribution is 2.29. The molecule has 3 aromatic rings. The van der Waals surface area contributed by atoms with Crippen molar-refractivity contribution in [3.63, 3.8) is 0 Å². The Kier molecular flexibility index (Phi) is 6.06. The molecule has 0 aliphatic rings. The maximum absolute atomic E-state index is 14.0. The van der Waals surface area contributed by atoms with Gasteiger partial charge in [-0.3, -0.25) is 4.99 Å². The normalized spacial score (nSPS) is 11.0. The zero-order valence-electron chi connectivity index (χ0n) is 15.0. The Morgan fingerprint density at radius 2 is 2.00 bits per heavy atom. The van der Waals surface area contributed by atoms with Gasteiger partial charge in [-0.05, 0) is 47.9 Å². The van der Waals surface area contributed by atoms with Gasteiger partial charge < -0.3 is 9.84 Å². The Balaban J connectivity index is 1.79. The summed E-state index contributed by atoms with van der Waals surface area (Å²) in [5.41, 5.74) is 4.19. The first kappa shape index (κ1) is 19.6. The highest BCUT2D eigenvalue weighted by molar-refractivity contribution is 6.33. The molecule has 4 nitrogen and oxygen atoms in total. The maximum atomic E-state index is 14.0. The van der Waals surface area contributed by atoms with E-state index in [9.17, 15) is 9.18 Å². The predicted molar refractivity (Wildman–Crippen MR) is 108 cm³/mol. The maximum Gasteiger partial charge on any atom is 0.341 e. The Bertz CT molecular complexity index is 1050. The van der Waals surface area contributed by atoms with Gasteiger partial charge in [0, 0.05) is 22.9 Å². The van der Waals surface area contributed by atoms with Crippen molar-refractivity contribution in [1.82, 2.24) is 0 Å². The van der Waals surface area contributed by atoms with Gasteiger partial charge >= 0.3 is 5.97 Å². The molecular weight excluding hydrogens is 381 g/mol. The average molecular weight is 398 g/mol. The molecule has 0 unspecified atom stereocenters. The highest BCUT2D eigenvalue weighted by atomic mass is 35.5. The van der Waals surface area contributed by atoms with Crippen LogP contribution in [0.1, 0.15) is 11.1 Å². The summed E-state index contributed by atoms with van der Waals surface area (Å²) in [6, 6.07) is 17.7. The molecule has 28 heavy (non-hydrogen) atoms. The van der Waals surface area contributed by atoms with E-state index >= 15 is 0 Å². The zero-order valence-corrected chi connectivity index (χ0v) is 15.8. The van der Waals surface area contributed by atoms with Crippen LogP contribution in [-0.4, -0.2) is 23.9 Å². The molecule has 0 bridgehead atoms. The number of carbonyl (C=O) groups is 1. The third-order valence-corrected chi connectivity index (χ3v) is 4.26. The lowest BCUT2D eigenvalue weighted by atomic mass is 10.0. The van der Waals surface area contributed by atoms with Gasteiger partial charge in [0.1, 0.15) is 0 Å². The van der Waals surface area contributed by atoms with Crippen LogP contribution < -0.4 is 4.74 Å². The predicted octanol–water partition coefficient (Wildman–Crippen LogP) is 5.67. The molecule has 0 aromatic heterocycles. The summed E-state index contributed by atoms with van der Waals surface area (Å²) in [6.45, 7) is 1.38. The van der Waals surface area contributed by atoms with Crippen LogP contribution in [0.4, 0.5) is 10.1 Å². The molecule has 0 saturated heterocycles. The molecule has 6 heteroatoms. The molecule has 0 saturated carbocycles. The molecule has 0 atom stereocenters. The SMILES string of the molecule is Cc1ccc(-c2cccc(C=Nc3ccc(OCC(=O)O)c(F)c3)c2)c(Cl)c1. The van der Waals surface area contributed by atoms with Gasteiger partial charge in [0.2, 0.25) is 0 Å². The lowest BCUT2D eigenvalue weighted by Gasteiger charge is -2.07.